The second-order valence-corrected chi connectivity index (χ2v) is 7.34. The first-order valence-electron chi connectivity index (χ1n) is 8.79. The first-order valence-corrected chi connectivity index (χ1v) is 9.54. The number of rotatable bonds is 4. The molecule has 0 radical (unpaired) electrons. The minimum absolute atomic E-state index is 0.00343. The number of carbonyl (C=O) groups excluding carboxylic acids is 1. The molecule has 0 aliphatic carbocycles. The molecule has 1 aliphatic rings. The zero-order chi connectivity index (χ0) is 18.8. The highest BCUT2D eigenvalue weighted by atomic mass is 35.5. The Balaban J connectivity index is 1.70. The number of hydrogen-bond acceptors (Lipinski definition) is 2. The van der Waals surface area contributed by atoms with Crippen molar-refractivity contribution in [3.05, 3.63) is 99.5 Å². The van der Waals surface area contributed by atoms with Crippen LogP contribution in [0.4, 0.5) is 5.69 Å². The summed E-state index contributed by atoms with van der Waals surface area (Å²) in [7, 11) is 0. The number of carbonyl (C=O) groups is 1. The molecule has 0 saturated carbocycles. The molecule has 3 aromatic carbocycles. The first-order chi connectivity index (χ1) is 13.1. The van der Waals surface area contributed by atoms with Gasteiger partial charge in [0.2, 0.25) is 0 Å². The van der Waals surface area contributed by atoms with E-state index in [0.29, 0.717) is 22.2 Å². The molecular formula is C22H18Cl2N2O. The molecule has 0 fully saturated rings. The van der Waals surface area contributed by atoms with Crippen LogP contribution in [0.2, 0.25) is 10.0 Å². The summed E-state index contributed by atoms with van der Waals surface area (Å²) >= 11 is 12.5. The van der Waals surface area contributed by atoms with Crippen LogP contribution in [-0.4, -0.2) is 17.4 Å². The molecule has 1 atom stereocenters. The van der Waals surface area contributed by atoms with Gasteiger partial charge in [-0.1, -0.05) is 71.7 Å². The Kier molecular flexibility index (Phi) is 5.06. The molecule has 1 unspecified atom stereocenters. The van der Waals surface area contributed by atoms with Crippen molar-refractivity contribution in [3.63, 3.8) is 0 Å². The number of fused-ring (bicyclic) bond motifs is 1. The number of nitrogens with one attached hydrogen (secondary N) is 1. The van der Waals surface area contributed by atoms with E-state index in [1.165, 1.54) is 5.56 Å². The van der Waals surface area contributed by atoms with Gasteiger partial charge in [0.05, 0.1) is 5.56 Å². The van der Waals surface area contributed by atoms with E-state index in [-0.39, 0.29) is 12.1 Å². The maximum atomic E-state index is 13.2. The molecule has 4 rings (SSSR count). The third-order valence-electron chi connectivity index (χ3n) is 4.76. The van der Waals surface area contributed by atoms with Gasteiger partial charge >= 0.3 is 0 Å². The van der Waals surface area contributed by atoms with Gasteiger partial charge in [-0.2, -0.15) is 0 Å². The van der Waals surface area contributed by atoms with E-state index in [0.717, 1.165) is 17.7 Å². The minimum Gasteiger partial charge on any atom is -0.361 e. The number of para-hydroxylation sites is 1. The van der Waals surface area contributed by atoms with Gasteiger partial charge in [-0.05, 0) is 36.2 Å². The summed E-state index contributed by atoms with van der Waals surface area (Å²) < 4.78 is 0. The fourth-order valence-electron chi connectivity index (χ4n) is 3.39. The Bertz CT molecular complexity index is 975. The van der Waals surface area contributed by atoms with Crippen molar-refractivity contribution in [3.8, 4) is 0 Å². The monoisotopic (exact) mass is 396 g/mol. The molecule has 0 saturated heterocycles. The Morgan fingerprint density at radius 2 is 1.67 bits per heavy atom. The molecule has 0 spiro atoms. The molecule has 3 aromatic rings. The first kappa shape index (κ1) is 17.9. The molecule has 1 heterocycles. The lowest BCUT2D eigenvalue weighted by Crippen LogP contribution is -2.44. The van der Waals surface area contributed by atoms with Crippen molar-refractivity contribution in [2.75, 3.05) is 11.9 Å². The van der Waals surface area contributed by atoms with Crippen LogP contribution in [0.5, 0.6) is 0 Å². The van der Waals surface area contributed by atoms with Gasteiger partial charge in [-0.15, -0.1) is 0 Å². The van der Waals surface area contributed by atoms with Crippen molar-refractivity contribution in [2.45, 2.75) is 12.6 Å². The average Bonchev–Trinajstić information content (AvgIpc) is 2.68. The molecule has 136 valence electrons. The predicted octanol–water partition coefficient (Wildman–Crippen LogP) is 5.80. The summed E-state index contributed by atoms with van der Waals surface area (Å²) in [5.41, 5.74) is 3.50. The van der Waals surface area contributed by atoms with Crippen LogP contribution in [0.1, 0.15) is 27.7 Å². The van der Waals surface area contributed by atoms with E-state index in [1.54, 1.807) is 12.1 Å². The smallest absolute Gasteiger partial charge is 0.257 e. The highest BCUT2D eigenvalue weighted by molar-refractivity contribution is 6.35. The number of halogens is 2. The van der Waals surface area contributed by atoms with Crippen molar-refractivity contribution in [2.24, 2.45) is 0 Å². The lowest BCUT2D eigenvalue weighted by atomic mass is 10.0. The number of nitrogens with zero attached hydrogens (tertiary/aromatic N) is 1. The fraction of sp³-hybridized carbons (Fsp3) is 0.136. The second-order valence-electron chi connectivity index (χ2n) is 6.49. The molecule has 1 N–H and O–H groups in total. The standard InChI is InChI=1S/C22H18Cl2N2O/c23-16-10-11-17(19(24)14-16)21-25-20-9-5-4-8-18(20)22(27)26(21)13-12-15-6-2-1-3-7-15/h1-11,14,21,25H,12-13H2. The highest BCUT2D eigenvalue weighted by Crippen LogP contribution is 2.36. The molecule has 0 bridgehead atoms. The zero-order valence-electron chi connectivity index (χ0n) is 14.5. The van der Waals surface area contributed by atoms with Gasteiger partial charge in [0.25, 0.3) is 5.91 Å². The topological polar surface area (TPSA) is 32.3 Å². The molecule has 27 heavy (non-hydrogen) atoms. The van der Waals surface area contributed by atoms with Gasteiger partial charge in [-0.3, -0.25) is 4.79 Å². The van der Waals surface area contributed by atoms with Crippen molar-refractivity contribution in [1.29, 1.82) is 0 Å². The largest absolute Gasteiger partial charge is 0.361 e. The lowest BCUT2D eigenvalue weighted by Gasteiger charge is -2.38. The van der Waals surface area contributed by atoms with Crippen LogP contribution in [0.25, 0.3) is 0 Å². The molecule has 1 amide bonds. The van der Waals surface area contributed by atoms with Crippen LogP contribution in [0.3, 0.4) is 0 Å². The molecule has 5 heteroatoms. The molecular weight excluding hydrogens is 379 g/mol. The fourth-order valence-corrected chi connectivity index (χ4v) is 3.90. The number of amides is 1. The van der Waals surface area contributed by atoms with Crippen LogP contribution in [-0.2, 0) is 6.42 Å². The van der Waals surface area contributed by atoms with Crippen molar-refractivity contribution < 1.29 is 4.79 Å². The SMILES string of the molecule is O=C1c2ccccc2NC(c2ccc(Cl)cc2Cl)N1CCc1ccccc1. The summed E-state index contributed by atoms with van der Waals surface area (Å²) in [5, 5.41) is 4.58. The summed E-state index contributed by atoms with van der Waals surface area (Å²) in [6, 6.07) is 23.1. The van der Waals surface area contributed by atoms with Gasteiger partial charge < -0.3 is 10.2 Å². The van der Waals surface area contributed by atoms with Crippen molar-refractivity contribution in [1.82, 2.24) is 4.90 Å². The predicted molar refractivity (Wildman–Crippen MR) is 110 cm³/mol. The van der Waals surface area contributed by atoms with Crippen LogP contribution < -0.4 is 5.32 Å². The van der Waals surface area contributed by atoms with E-state index < -0.39 is 0 Å². The maximum Gasteiger partial charge on any atom is 0.257 e. The maximum absolute atomic E-state index is 13.2. The normalized spacial score (nSPS) is 16.0. The molecule has 3 nitrogen and oxygen atoms in total. The third kappa shape index (κ3) is 3.66. The Hall–Kier alpha value is -2.49. The van der Waals surface area contributed by atoms with Crippen LogP contribution >= 0.6 is 23.2 Å². The van der Waals surface area contributed by atoms with Crippen LogP contribution in [0, 0.1) is 0 Å². The van der Waals surface area contributed by atoms with Gasteiger partial charge in [0.15, 0.2) is 0 Å². The highest BCUT2D eigenvalue weighted by Gasteiger charge is 2.33. The van der Waals surface area contributed by atoms with Crippen LogP contribution in [0.15, 0.2) is 72.8 Å². The van der Waals surface area contributed by atoms with Gasteiger partial charge in [-0.25, -0.2) is 0 Å². The van der Waals surface area contributed by atoms with E-state index in [4.69, 9.17) is 23.2 Å². The average molecular weight is 397 g/mol. The second kappa shape index (κ2) is 7.63. The third-order valence-corrected chi connectivity index (χ3v) is 5.33. The van der Waals surface area contributed by atoms with Gasteiger partial charge in [0.1, 0.15) is 6.17 Å². The molecule has 0 aromatic heterocycles. The number of hydrogen-bond donors (Lipinski definition) is 1. The summed E-state index contributed by atoms with van der Waals surface area (Å²) in [6.45, 7) is 0.577. The Morgan fingerprint density at radius 1 is 0.926 bits per heavy atom. The summed E-state index contributed by atoms with van der Waals surface area (Å²) in [6.07, 6.45) is 0.416. The summed E-state index contributed by atoms with van der Waals surface area (Å²) in [5.74, 6) is -0.00343. The Labute approximate surface area is 168 Å². The Morgan fingerprint density at radius 3 is 2.44 bits per heavy atom. The summed E-state index contributed by atoms with van der Waals surface area (Å²) in [4.78, 5) is 15.1. The zero-order valence-corrected chi connectivity index (χ0v) is 16.0. The van der Waals surface area contributed by atoms with E-state index in [2.05, 4.69) is 17.4 Å². The van der Waals surface area contributed by atoms with E-state index >= 15 is 0 Å². The number of benzene rings is 3. The minimum atomic E-state index is -0.346. The lowest BCUT2D eigenvalue weighted by molar-refractivity contribution is 0.0685. The molecule has 1 aliphatic heterocycles. The van der Waals surface area contributed by atoms with E-state index in [9.17, 15) is 4.79 Å². The quantitative estimate of drug-likeness (QED) is 0.603. The van der Waals surface area contributed by atoms with Gasteiger partial charge in [0, 0.05) is 27.8 Å². The van der Waals surface area contributed by atoms with E-state index in [1.807, 2.05) is 53.4 Å². The van der Waals surface area contributed by atoms with Crippen molar-refractivity contribution >= 4 is 34.8 Å². The number of anilines is 1.